The number of para-hydroxylation sites is 1. The molecule has 0 radical (unpaired) electrons. The number of ether oxygens (including phenoxy) is 1. The molecule has 6 heteroatoms. The van der Waals surface area contributed by atoms with E-state index >= 15 is 0 Å². The number of hydrogen-bond donors (Lipinski definition) is 2. The molecule has 1 aromatic carbocycles. The number of aromatic nitrogens is 2. The fraction of sp³-hybridized carbons (Fsp3) is 0.167. The molecule has 0 spiro atoms. The number of fused-ring (bicyclic) bond motifs is 3. The van der Waals surface area contributed by atoms with Gasteiger partial charge in [-0.15, -0.1) is 0 Å². The summed E-state index contributed by atoms with van der Waals surface area (Å²) in [7, 11) is 0. The number of benzene rings is 1. The Morgan fingerprint density at radius 3 is 3.11 bits per heavy atom. The standard InChI is InChI=1S/C12H9FN2O3/c13-8-3-1-2-7-9-6(4-5-18-11(7)8)10(12(16)17)15-14-9/h1-3H,4-5H2,(H,14,15)(H,16,17). The first-order valence-electron chi connectivity index (χ1n) is 5.40. The average Bonchev–Trinajstić information content (AvgIpc) is 2.67. The van der Waals surface area contributed by atoms with E-state index in [2.05, 4.69) is 10.2 Å². The fourth-order valence-electron chi connectivity index (χ4n) is 2.11. The van der Waals surface area contributed by atoms with Gasteiger partial charge in [-0.05, 0) is 12.1 Å². The highest BCUT2D eigenvalue weighted by Crippen LogP contribution is 2.36. The van der Waals surface area contributed by atoms with E-state index in [0.717, 1.165) is 0 Å². The molecule has 0 bridgehead atoms. The van der Waals surface area contributed by atoms with Crippen molar-refractivity contribution < 1.29 is 19.0 Å². The quantitative estimate of drug-likeness (QED) is 0.807. The second-order valence-electron chi connectivity index (χ2n) is 3.95. The van der Waals surface area contributed by atoms with Crippen LogP contribution in [0.5, 0.6) is 5.75 Å². The molecule has 0 amide bonds. The van der Waals surface area contributed by atoms with E-state index in [1.807, 2.05) is 0 Å². The number of nitrogens with one attached hydrogen (secondary N) is 1. The molecular formula is C12H9FN2O3. The number of carboxylic acids is 1. The van der Waals surface area contributed by atoms with Crippen molar-refractivity contribution in [2.75, 3.05) is 6.61 Å². The topological polar surface area (TPSA) is 75.2 Å². The van der Waals surface area contributed by atoms with E-state index in [1.54, 1.807) is 12.1 Å². The summed E-state index contributed by atoms with van der Waals surface area (Å²) in [5.74, 6) is -1.43. The van der Waals surface area contributed by atoms with Crippen LogP contribution in [0.2, 0.25) is 0 Å². The van der Waals surface area contributed by atoms with E-state index in [0.29, 0.717) is 23.2 Å². The van der Waals surface area contributed by atoms with Crippen molar-refractivity contribution in [2.24, 2.45) is 0 Å². The Kier molecular flexibility index (Phi) is 2.29. The van der Waals surface area contributed by atoms with Crippen LogP contribution in [-0.4, -0.2) is 27.9 Å². The summed E-state index contributed by atoms with van der Waals surface area (Å²) >= 11 is 0. The Hall–Kier alpha value is -2.37. The Bertz CT molecular complexity index is 636. The lowest BCUT2D eigenvalue weighted by molar-refractivity contribution is 0.0689. The number of halogens is 1. The van der Waals surface area contributed by atoms with Crippen LogP contribution in [0.25, 0.3) is 11.3 Å². The third kappa shape index (κ3) is 1.46. The van der Waals surface area contributed by atoms with Crippen LogP contribution in [0.4, 0.5) is 4.39 Å². The van der Waals surface area contributed by atoms with Crippen LogP contribution in [-0.2, 0) is 6.42 Å². The number of carbonyl (C=O) groups is 1. The van der Waals surface area contributed by atoms with Gasteiger partial charge in [-0.1, -0.05) is 6.07 Å². The molecule has 92 valence electrons. The highest BCUT2D eigenvalue weighted by Gasteiger charge is 2.25. The molecule has 2 aromatic rings. The third-order valence-corrected chi connectivity index (χ3v) is 2.90. The van der Waals surface area contributed by atoms with Gasteiger partial charge < -0.3 is 9.84 Å². The molecule has 2 heterocycles. The van der Waals surface area contributed by atoms with Crippen molar-refractivity contribution in [1.29, 1.82) is 0 Å². The molecular weight excluding hydrogens is 239 g/mol. The lowest BCUT2D eigenvalue weighted by atomic mass is 10.0. The second kappa shape index (κ2) is 3.83. The van der Waals surface area contributed by atoms with Gasteiger partial charge in [-0.25, -0.2) is 9.18 Å². The van der Waals surface area contributed by atoms with Gasteiger partial charge in [0.2, 0.25) is 0 Å². The van der Waals surface area contributed by atoms with Crippen LogP contribution in [0.1, 0.15) is 16.1 Å². The van der Waals surface area contributed by atoms with Crippen LogP contribution in [0, 0.1) is 5.82 Å². The van der Waals surface area contributed by atoms with Gasteiger partial charge in [-0.2, -0.15) is 5.10 Å². The molecule has 5 nitrogen and oxygen atoms in total. The van der Waals surface area contributed by atoms with E-state index < -0.39 is 11.8 Å². The van der Waals surface area contributed by atoms with Gasteiger partial charge in [0.1, 0.15) is 11.4 Å². The number of rotatable bonds is 1. The van der Waals surface area contributed by atoms with Gasteiger partial charge in [0, 0.05) is 17.5 Å². The summed E-state index contributed by atoms with van der Waals surface area (Å²) in [5, 5.41) is 15.5. The lowest BCUT2D eigenvalue weighted by Crippen LogP contribution is -2.05. The molecule has 0 saturated heterocycles. The van der Waals surface area contributed by atoms with Gasteiger partial charge in [0.05, 0.1) is 6.61 Å². The Labute approximate surface area is 101 Å². The number of nitrogens with zero attached hydrogens (tertiary/aromatic N) is 1. The lowest BCUT2D eigenvalue weighted by Gasteiger charge is -2.06. The van der Waals surface area contributed by atoms with Crippen molar-refractivity contribution >= 4 is 5.97 Å². The first-order chi connectivity index (χ1) is 8.68. The van der Waals surface area contributed by atoms with Crippen molar-refractivity contribution in [1.82, 2.24) is 10.2 Å². The molecule has 2 N–H and O–H groups in total. The molecule has 0 aliphatic carbocycles. The molecule has 0 unspecified atom stereocenters. The molecule has 3 rings (SSSR count). The van der Waals surface area contributed by atoms with Crippen LogP contribution in [0.15, 0.2) is 18.2 Å². The molecule has 0 atom stereocenters. The Morgan fingerprint density at radius 1 is 1.50 bits per heavy atom. The minimum atomic E-state index is -1.08. The van der Waals surface area contributed by atoms with Crippen molar-refractivity contribution in [3.05, 3.63) is 35.3 Å². The fourth-order valence-corrected chi connectivity index (χ4v) is 2.11. The second-order valence-corrected chi connectivity index (χ2v) is 3.95. The van der Waals surface area contributed by atoms with Crippen LogP contribution >= 0.6 is 0 Å². The Balaban J connectivity index is 2.26. The van der Waals surface area contributed by atoms with E-state index in [9.17, 15) is 9.18 Å². The number of H-pyrrole nitrogens is 1. The molecule has 0 fully saturated rings. The molecule has 0 saturated carbocycles. The van der Waals surface area contributed by atoms with E-state index in [1.165, 1.54) is 6.07 Å². The highest BCUT2D eigenvalue weighted by atomic mass is 19.1. The van der Waals surface area contributed by atoms with Crippen molar-refractivity contribution in [2.45, 2.75) is 6.42 Å². The van der Waals surface area contributed by atoms with E-state index in [-0.39, 0.29) is 18.1 Å². The summed E-state index contributed by atoms with van der Waals surface area (Å²) in [5.41, 5.74) is 1.50. The van der Waals surface area contributed by atoms with Gasteiger partial charge in [0.25, 0.3) is 0 Å². The summed E-state index contributed by atoms with van der Waals surface area (Å²) in [6, 6.07) is 4.51. The number of carboxylic acid groups (broad SMARTS) is 1. The average molecular weight is 248 g/mol. The molecule has 1 aliphatic heterocycles. The first-order valence-corrected chi connectivity index (χ1v) is 5.40. The van der Waals surface area contributed by atoms with E-state index in [4.69, 9.17) is 9.84 Å². The minimum Gasteiger partial charge on any atom is -0.489 e. The van der Waals surface area contributed by atoms with Crippen molar-refractivity contribution in [3.8, 4) is 17.0 Å². The zero-order valence-electron chi connectivity index (χ0n) is 9.24. The maximum Gasteiger partial charge on any atom is 0.354 e. The maximum absolute atomic E-state index is 13.6. The highest BCUT2D eigenvalue weighted by molar-refractivity contribution is 5.90. The monoisotopic (exact) mass is 248 g/mol. The van der Waals surface area contributed by atoms with Crippen molar-refractivity contribution in [3.63, 3.8) is 0 Å². The molecule has 1 aromatic heterocycles. The summed E-state index contributed by atoms with van der Waals surface area (Å²) < 4.78 is 19.0. The van der Waals surface area contributed by atoms with Gasteiger partial charge in [0.15, 0.2) is 11.6 Å². The van der Waals surface area contributed by atoms with Gasteiger partial charge in [-0.3, -0.25) is 5.10 Å². The predicted octanol–water partition coefficient (Wildman–Crippen LogP) is 1.85. The molecule has 18 heavy (non-hydrogen) atoms. The summed E-state index contributed by atoms with van der Waals surface area (Å²) in [6.45, 7) is 0.223. The number of aromatic amines is 1. The van der Waals surface area contributed by atoms with Crippen LogP contribution in [0.3, 0.4) is 0 Å². The zero-order chi connectivity index (χ0) is 12.7. The first kappa shape index (κ1) is 10.8. The maximum atomic E-state index is 13.6. The largest absolute Gasteiger partial charge is 0.489 e. The smallest absolute Gasteiger partial charge is 0.354 e. The summed E-state index contributed by atoms with van der Waals surface area (Å²) in [4.78, 5) is 11.0. The molecule has 1 aliphatic rings. The number of aromatic carboxylic acids is 1. The van der Waals surface area contributed by atoms with Gasteiger partial charge >= 0.3 is 5.97 Å². The minimum absolute atomic E-state index is 0.0331. The summed E-state index contributed by atoms with van der Waals surface area (Å²) in [6.07, 6.45) is 0.377. The predicted molar refractivity (Wildman–Crippen MR) is 60.1 cm³/mol. The zero-order valence-corrected chi connectivity index (χ0v) is 9.24. The number of hydrogen-bond acceptors (Lipinski definition) is 3. The normalized spacial score (nSPS) is 13.2. The Morgan fingerprint density at radius 2 is 2.33 bits per heavy atom. The van der Waals surface area contributed by atoms with Crippen LogP contribution < -0.4 is 4.74 Å². The SMILES string of the molecule is O=C(O)c1[nH]nc2c1CCOc1c(F)cccc1-2. The third-order valence-electron chi connectivity index (χ3n) is 2.90.